The second-order valence-corrected chi connectivity index (χ2v) is 25.5. The molecule has 0 bridgehead atoms. The Morgan fingerprint density at radius 1 is 0.712 bits per heavy atom. The van der Waals surface area contributed by atoms with Crippen LogP contribution >= 0.6 is 11.3 Å². The van der Waals surface area contributed by atoms with Gasteiger partial charge in [0.25, 0.3) is 0 Å². The quantitative estimate of drug-likeness (QED) is 0.112. The number of aromatic nitrogens is 3. The van der Waals surface area contributed by atoms with Crippen molar-refractivity contribution in [3.05, 3.63) is 193 Å². The molecule has 0 fully saturated rings. The number of hydrogen-bond acceptors (Lipinski definition) is 3. The minimum atomic E-state index is -1.34. The van der Waals surface area contributed by atoms with E-state index in [0.29, 0.717) is 5.92 Å². The fourth-order valence-corrected chi connectivity index (χ4v) is 11.5. The average Bonchev–Trinajstić information content (AvgIpc) is 3.87. The summed E-state index contributed by atoms with van der Waals surface area (Å²) < 4.78 is 18.2. The molecule has 0 spiro atoms. The molecule has 0 aliphatic carbocycles. The molecule has 0 atom stereocenters. The van der Waals surface area contributed by atoms with E-state index in [4.69, 9.17) is 4.98 Å². The van der Waals surface area contributed by atoms with Gasteiger partial charge in [0, 0.05) is 42.3 Å². The Bertz CT molecular complexity index is 3290. The molecule has 1 radical (unpaired) electrons. The average molecular weight is 1080 g/mol. The Hall–Kier alpha value is -5.82. The molecule has 10 aromatic rings. The number of rotatable bonds is 8. The first kappa shape index (κ1) is 46.7. The molecule has 66 heavy (non-hydrogen) atoms. The van der Waals surface area contributed by atoms with Gasteiger partial charge in [-0.15, -0.1) is 54.1 Å². The van der Waals surface area contributed by atoms with Gasteiger partial charge in [0.15, 0.2) is 0 Å². The third-order valence-electron chi connectivity index (χ3n) is 12.0. The number of imidazole rings is 1. The summed E-state index contributed by atoms with van der Waals surface area (Å²) >= 11 is 1.76. The van der Waals surface area contributed by atoms with Crippen molar-refractivity contribution >= 4 is 55.8 Å². The van der Waals surface area contributed by atoms with Gasteiger partial charge in [-0.25, -0.2) is 4.39 Å². The van der Waals surface area contributed by atoms with Crippen LogP contribution in [0.25, 0.3) is 81.8 Å². The molecule has 10 rings (SSSR count). The van der Waals surface area contributed by atoms with E-state index in [1.807, 2.05) is 42.5 Å². The molecule has 7 heteroatoms. The van der Waals surface area contributed by atoms with E-state index in [-0.39, 0.29) is 31.3 Å². The molecule has 0 saturated heterocycles. The minimum absolute atomic E-state index is 0. The van der Waals surface area contributed by atoms with E-state index in [9.17, 15) is 4.39 Å². The van der Waals surface area contributed by atoms with Gasteiger partial charge < -0.3 is 9.55 Å². The first-order valence-corrected chi connectivity index (χ1v) is 26.8. The maximum absolute atomic E-state index is 13.6. The molecule has 0 aliphatic rings. The van der Waals surface area contributed by atoms with Crippen LogP contribution in [0, 0.1) is 23.9 Å². The third kappa shape index (κ3) is 9.68. The predicted octanol–water partition coefficient (Wildman–Crippen LogP) is 15.9. The van der Waals surface area contributed by atoms with E-state index < -0.39 is 8.07 Å². The van der Waals surface area contributed by atoms with E-state index in [1.165, 1.54) is 55.0 Å². The number of fused-ring (bicyclic) bond motifs is 4. The van der Waals surface area contributed by atoms with Gasteiger partial charge >= 0.3 is 0 Å². The molecule has 3 nitrogen and oxygen atoms in total. The standard InChI is InChI=1S/C41H30FN2S.C18H24NSi.Ir/c1-41(2,3)29-19-23-36(34(25-29)27-10-5-4-6-11-27)44-37-15-8-7-14-35(37)43-40(44)33-13-9-12-32-31-22-18-28(24-38(31)45-39(32)33)26-16-20-30(42)21-17-26;1-14(2)11-16-12-17(15-9-7-6-8-10-15)19-13-18(16)20(3,4)5;/h4-12,14-25H,1-3H3;6-9,12-14H,11H2,1-5H3;/q2*-1;. The Morgan fingerprint density at radius 3 is 2.15 bits per heavy atom. The summed E-state index contributed by atoms with van der Waals surface area (Å²) in [6.45, 7) is 18.5. The summed E-state index contributed by atoms with van der Waals surface area (Å²) in [5.74, 6) is 1.31. The summed E-state index contributed by atoms with van der Waals surface area (Å²) in [7, 11) is -1.34. The number of halogens is 1. The number of para-hydroxylation sites is 2. The summed E-state index contributed by atoms with van der Waals surface area (Å²) in [6.07, 6.45) is 3.24. The van der Waals surface area contributed by atoms with Crippen molar-refractivity contribution in [2.24, 2.45) is 5.92 Å². The van der Waals surface area contributed by atoms with Gasteiger partial charge in [-0.1, -0.05) is 150 Å². The topological polar surface area (TPSA) is 30.7 Å². The van der Waals surface area contributed by atoms with Gasteiger partial charge in [-0.2, -0.15) is 11.3 Å². The van der Waals surface area contributed by atoms with Gasteiger partial charge in [0.05, 0.1) is 24.9 Å². The zero-order valence-corrected chi connectivity index (χ0v) is 43.0. The second-order valence-electron chi connectivity index (χ2n) is 19.4. The summed E-state index contributed by atoms with van der Waals surface area (Å²) in [5, 5.41) is 3.86. The first-order valence-electron chi connectivity index (χ1n) is 22.5. The molecule has 0 amide bonds. The van der Waals surface area contributed by atoms with Crippen LogP contribution in [0.4, 0.5) is 4.39 Å². The maximum atomic E-state index is 13.6. The van der Waals surface area contributed by atoms with Gasteiger partial charge in [-0.05, 0) is 103 Å². The van der Waals surface area contributed by atoms with Crippen molar-refractivity contribution in [1.82, 2.24) is 14.5 Å². The Balaban J connectivity index is 0.000000238. The second kappa shape index (κ2) is 19.2. The van der Waals surface area contributed by atoms with Crippen LogP contribution in [-0.2, 0) is 31.9 Å². The van der Waals surface area contributed by atoms with Crippen LogP contribution < -0.4 is 5.19 Å². The fraction of sp³-hybridized carbons (Fsp3) is 0.186. The number of benzene rings is 7. The smallest absolute Gasteiger partial charge is 0.123 e. The molecule has 3 aromatic heterocycles. The Kier molecular flexibility index (Phi) is 13.6. The largest absolute Gasteiger partial charge is 0.333 e. The molecule has 0 aliphatic heterocycles. The van der Waals surface area contributed by atoms with Crippen molar-refractivity contribution in [3.63, 3.8) is 0 Å². The normalized spacial score (nSPS) is 11.8. The summed E-state index contributed by atoms with van der Waals surface area (Å²) in [4.78, 5) is 9.95. The monoisotopic (exact) mass is 1080 g/mol. The molecule has 0 saturated carbocycles. The molecule has 0 N–H and O–H groups in total. The Morgan fingerprint density at radius 2 is 1.44 bits per heavy atom. The predicted molar refractivity (Wildman–Crippen MR) is 278 cm³/mol. The minimum Gasteiger partial charge on any atom is -0.333 e. The number of nitrogens with zero attached hydrogens (tertiary/aromatic N) is 3. The molecule has 333 valence electrons. The number of pyridine rings is 1. The summed E-state index contributed by atoms with van der Waals surface area (Å²) in [6, 6.07) is 60.4. The molecule has 7 aromatic carbocycles. The molecule has 3 heterocycles. The molecular weight excluding hydrogens is 1020 g/mol. The van der Waals surface area contributed by atoms with Crippen molar-refractivity contribution in [2.75, 3.05) is 0 Å². The Labute approximate surface area is 407 Å². The summed E-state index contributed by atoms with van der Waals surface area (Å²) in [5.41, 5.74) is 13.3. The molecular formula is C59H54FIrN3SSi-2. The van der Waals surface area contributed by atoms with Crippen molar-refractivity contribution in [3.8, 4) is 50.6 Å². The van der Waals surface area contributed by atoms with E-state index in [0.717, 1.165) is 61.6 Å². The zero-order chi connectivity index (χ0) is 45.5. The van der Waals surface area contributed by atoms with E-state index >= 15 is 0 Å². The van der Waals surface area contributed by atoms with Crippen LogP contribution in [0.3, 0.4) is 0 Å². The van der Waals surface area contributed by atoms with Crippen molar-refractivity contribution < 1.29 is 24.5 Å². The van der Waals surface area contributed by atoms with E-state index in [1.54, 1.807) is 11.3 Å². The van der Waals surface area contributed by atoms with Crippen molar-refractivity contribution in [1.29, 1.82) is 0 Å². The molecule has 0 unspecified atom stereocenters. The van der Waals surface area contributed by atoms with Crippen LogP contribution in [0.2, 0.25) is 19.6 Å². The van der Waals surface area contributed by atoms with Gasteiger partial charge in [0.2, 0.25) is 0 Å². The third-order valence-corrected chi connectivity index (χ3v) is 15.2. The fourth-order valence-electron chi connectivity index (χ4n) is 8.69. The number of thiophene rings is 1. The van der Waals surface area contributed by atoms with E-state index in [2.05, 4.69) is 185 Å². The van der Waals surface area contributed by atoms with Crippen LogP contribution in [0.5, 0.6) is 0 Å². The van der Waals surface area contributed by atoms with Gasteiger partial charge in [0.1, 0.15) is 5.82 Å². The first-order chi connectivity index (χ1) is 31.2. The van der Waals surface area contributed by atoms with Gasteiger partial charge in [-0.3, -0.25) is 4.98 Å². The maximum Gasteiger partial charge on any atom is 0.123 e. The SMILES string of the molecule is CC(C)(C)c1ccc(-n2c(-c3[c-]ccc4c3sc3cc(-c5ccc(F)cc5)ccc34)nc3ccccc32)c(-c2ccccc2)c1.CC(C)Cc1cc(-c2[c-]cccc2)ncc1[Si](C)(C)C.[Ir]. The number of hydrogen-bond donors (Lipinski definition) is 0. The van der Waals surface area contributed by atoms with Crippen LogP contribution in [-0.4, -0.2) is 22.6 Å². The van der Waals surface area contributed by atoms with Crippen molar-refractivity contribution in [2.45, 2.75) is 66.1 Å². The van der Waals surface area contributed by atoms with Crippen LogP contribution in [0.15, 0.2) is 164 Å². The van der Waals surface area contributed by atoms with Crippen LogP contribution in [0.1, 0.15) is 45.7 Å². The zero-order valence-electron chi connectivity index (χ0n) is 38.8.